The first-order valence-corrected chi connectivity index (χ1v) is 11.7. The van der Waals surface area contributed by atoms with Crippen LogP contribution in [0.2, 0.25) is 0 Å². The number of halogens is 3. The molecule has 0 aliphatic carbocycles. The van der Waals surface area contributed by atoms with Crippen LogP contribution in [0.15, 0.2) is 102 Å². The normalized spacial score (nSPS) is 13.4. The average Bonchev–Trinajstić information content (AvgIpc) is 2.69. The molecule has 29 heavy (non-hydrogen) atoms. The number of alkyl halides is 3. The first-order chi connectivity index (χ1) is 13.7. The van der Waals surface area contributed by atoms with Gasteiger partial charge in [0.05, 0.1) is 0 Å². The van der Waals surface area contributed by atoms with Crippen LogP contribution in [0.25, 0.3) is 0 Å². The smallest absolute Gasteiger partial charge is 0.166 e. The molecule has 0 spiro atoms. The van der Waals surface area contributed by atoms with E-state index >= 15 is 0 Å². The van der Waals surface area contributed by atoms with Crippen LogP contribution in [0.5, 0.6) is 0 Å². The van der Waals surface area contributed by atoms with Gasteiger partial charge in [-0.25, -0.2) is 0 Å². The van der Waals surface area contributed by atoms with Gasteiger partial charge in [-0.3, -0.25) is 0 Å². The summed E-state index contributed by atoms with van der Waals surface area (Å²) >= 11 is 0. The summed E-state index contributed by atoms with van der Waals surface area (Å²) in [4.78, 5) is 0. The van der Waals surface area contributed by atoms with Gasteiger partial charge in [-0.05, 0) is 21.0 Å². The van der Waals surface area contributed by atoms with E-state index in [2.05, 4.69) is 0 Å². The molecule has 0 saturated carbocycles. The van der Waals surface area contributed by atoms with Gasteiger partial charge in [0.25, 0.3) is 0 Å². The van der Waals surface area contributed by atoms with Crippen molar-refractivity contribution in [1.29, 1.82) is 0 Å². The molecule has 0 aromatic heterocycles. The standard InChI is InChI=1S/C25H25F3Si/c1-24(2,3)23(25(26,27)28)19-29(20-13-7-4-8-14-20,21-15-9-5-10-16-21)22-17-11-6-12-18-22/h4-19H,1-3H3/b23-19-. The van der Waals surface area contributed by atoms with E-state index in [0.29, 0.717) is 0 Å². The average molecular weight is 411 g/mol. The predicted octanol–water partition coefficient (Wildman–Crippen LogP) is 5.23. The second kappa shape index (κ2) is 8.03. The first-order valence-electron chi connectivity index (χ1n) is 9.63. The van der Waals surface area contributed by atoms with E-state index in [0.717, 1.165) is 15.6 Å². The molecular formula is C25H25F3Si. The van der Waals surface area contributed by atoms with Crippen LogP contribution in [0.1, 0.15) is 20.8 Å². The Morgan fingerprint density at radius 2 is 0.931 bits per heavy atom. The summed E-state index contributed by atoms with van der Waals surface area (Å²) in [5.41, 5.74) is 0.0511. The minimum absolute atomic E-state index is 0.478. The molecule has 0 heterocycles. The highest BCUT2D eigenvalue weighted by molar-refractivity contribution is 7.14. The van der Waals surface area contributed by atoms with E-state index in [-0.39, 0.29) is 0 Å². The Morgan fingerprint density at radius 3 is 1.17 bits per heavy atom. The Morgan fingerprint density at radius 1 is 0.621 bits per heavy atom. The van der Waals surface area contributed by atoms with Gasteiger partial charge in [-0.1, -0.05) is 117 Å². The first kappa shape index (κ1) is 21.1. The van der Waals surface area contributed by atoms with E-state index in [1.165, 1.54) is 0 Å². The summed E-state index contributed by atoms with van der Waals surface area (Å²) in [6, 6.07) is 28.9. The summed E-state index contributed by atoms with van der Waals surface area (Å²) in [6.45, 7) is 4.89. The van der Waals surface area contributed by atoms with Crippen molar-refractivity contribution in [2.75, 3.05) is 0 Å². The number of rotatable bonds is 4. The molecule has 0 radical (unpaired) electrons. The van der Waals surface area contributed by atoms with Crippen LogP contribution in [0.4, 0.5) is 13.2 Å². The summed E-state index contributed by atoms with van der Waals surface area (Å²) < 4.78 is 42.7. The summed E-state index contributed by atoms with van der Waals surface area (Å²) in [5.74, 6) is 0. The topological polar surface area (TPSA) is 0 Å². The molecule has 3 aromatic carbocycles. The van der Waals surface area contributed by atoms with E-state index in [9.17, 15) is 13.2 Å². The molecule has 3 rings (SSSR count). The lowest BCUT2D eigenvalue weighted by atomic mass is 9.87. The molecule has 0 amide bonds. The predicted molar refractivity (Wildman–Crippen MR) is 118 cm³/mol. The lowest BCUT2D eigenvalue weighted by Gasteiger charge is -2.35. The van der Waals surface area contributed by atoms with Gasteiger partial charge in [-0.2, -0.15) is 13.2 Å². The van der Waals surface area contributed by atoms with E-state index in [4.69, 9.17) is 0 Å². The molecule has 0 saturated heterocycles. The molecule has 0 N–H and O–H groups in total. The molecular weight excluding hydrogens is 385 g/mol. The number of hydrogen-bond donors (Lipinski definition) is 0. The van der Waals surface area contributed by atoms with E-state index in [1.807, 2.05) is 91.0 Å². The SMILES string of the molecule is CC(C)(C)/C(=C/[Si](c1ccccc1)(c1ccccc1)c1ccccc1)C(F)(F)F. The van der Waals surface area contributed by atoms with Gasteiger partial charge >= 0.3 is 6.18 Å². The van der Waals surface area contributed by atoms with Crippen molar-refractivity contribution >= 4 is 23.6 Å². The zero-order valence-corrected chi connectivity index (χ0v) is 17.9. The number of allylic oxidation sites excluding steroid dienone is 1. The summed E-state index contributed by atoms with van der Waals surface area (Å²) in [5, 5.41) is 2.80. The van der Waals surface area contributed by atoms with Gasteiger partial charge in [0.1, 0.15) is 0 Å². The van der Waals surface area contributed by atoms with Gasteiger partial charge in [0.15, 0.2) is 8.07 Å². The minimum atomic E-state index is -4.41. The molecule has 0 aliphatic rings. The van der Waals surface area contributed by atoms with E-state index in [1.54, 1.807) is 26.5 Å². The Bertz CT molecular complexity index is 841. The molecule has 4 heteroatoms. The maximum Gasteiger partial charge on any atom is 0.412 e. The lowest BCUT2D eigenvalue weighted by Crippen LogP contribution is -2.66. The third-order valence-electron chi connectivity index (χ3n) is 5.16. The fourth-order valence-corrected chi connectivity index (χ4v) is 8.48. The third kappa shape index (κ3) is 4.37. The molecule has 0 aliphatic heterocycles. The summed E-state index contributed by atoms with van der Waals surface area (Å²) in [6.07, 6.45) is -4.41. The van der Waals surface area contributed by atoms with Gasteiger partial charge in [0.2, 0.25) is 0 Å². The fourth-order valence-electron chi connectivity index (χ4n) is 3.79. The van der Waals surface area contributed by atoms with E-state index < -0.39 is 25.2 Å². The van der Waals surface area contributed by atoms with Crippen LogP contribution in [0, 0.1) is 5.41 Å². The molecule has 0 bridgehead atoms. The van der Waals surface area contributed by atoms with Crippen LogP contribution in [-0.4, -0.2) is 14.3 Å². The van der Waals surface area contributed by atoms with Crippen molar-refractivity contribution in [3.8, 4) is 0 Å². The largest absolute Gasteiger partial charge is 0.412 e. The highest BCUT2D eigenvalue weighted by atomic mass is 28.3. The Balaban J connectivity index is 2.48. The lowest BCUT2D eigenvalue weighted by molar-refractivity contribution is -0.103. The van der Waals surface area contributed by atoms with Gasteiger partial charge < -0.3 is 0 Å². The van der Waals surface area contributed by atoms with Crippen molar-refractivity contribution in [3.05, 3.63) is 102 Å². The molecule has 3 aromatic rings. The third-order valence-corrected chi connectivity index (χ3v) is 9.62. The van der Waals surface area contributed by atoms with Crippen molar-refractivity contribution in [2.45, 2.75) is 26.9 Å². The van der Waals surface area contributed by atoms with Gasteiger partial charge in [0, 0.05) is 5.57 Å². The Hall–Kier alpha value is -2.59. The Kier molecular flexibility index (Phi) is 5.85. The molecule has 0 unspecified atom stereocenters. The quantitative estimate of drug-likeness (QED) is 0.408. The number of benzene rings is 3. The number of hydrogen-bond acceptors (Lipinski definition) is 0. The highest BCUT2D eigenvalue weighted by Crippen LogP contribution is 2.39. The van der Waals surface area contributed by atoms with Crippen LogP contribution in [-0.2, 0) is 0 Å². The van der Waals surface area contributed by atoms with Crippen molar-refractivity contribution in [1.82, 2.24) is 0 Å². The highest BCUT2D eigenvalue weighted by Gasteiger charge is 2.46. The molecule has 0 fully saturated rings. The maximum absolute atomic E-state index is 14.2. The minimum Gasteiger partial charge on any atom is -0.166 e. The van der Waals surface area contributed by atoms with Crippen molar-refractivity contribution in [3.63, 3.8) is 0 Å². The van der Waals surface area contributed by atoms with Crippen molar-refractivity contribution < 1.29 is 13.2 Å². The zero-order valence-electron chi connectivity index (χ0n) is 16.9. The van der Waals surface area contributed by atoms with Crippen molar-refractivity contribution in [2.24, 2.45) is 5.41 Å². The summed E-state index contributed by atoms with van der Waals surface area (Å²) in [7, 11) is -3.09. The van der Waals surface area contributed by atoms with Crippen LogP contribution < -0.4 is 15.6 Å². The molecule has 0 nitrogen and oxygen atoms in total. The van der Waals surface area contributed by atoms with Crippen LogP contribution in [0.3, 0.4) is 0 Å². The van der Waals surface area contributed by atoms with Crippen LogP contribution >= 0.6 is 0 Å². The molecule has 150 valence electrons. The second-order valence-electron chi connectivity index (χ2n) is 8.21. The second-order valence-corrected chi connectivity index (χ2v) is 11.8. The zero-order chi connectivity index (χ0) is 21.1. The maximum atomic E-state index is 14.2. The monoisotopic (exact) mass is 410 g/mol. The Labute approximate surface area is 171 Å². The molecule has 0 atom stereocenters. The van der Waals surface area contributed by atoms with Gasteiger partial charge in [-0.15, -0.1) is 0 Å². The fraction of sp³-hybridized carbons (Fsp3) is 0.200.